The third kappa shape index (κ3) is 5.76. The smallest absolute Gasteiger partial charge is 0.292 e. The third-order valence-electron chi connectivity index (χ3n) is 4.86. The summed E-state index contributed by atoms with van der Waals surface area (Å²) < 4.78 is 68.9. The second-order valence-corrected chi connectivity index (χ2v) is 10.3. The summed E-state index contributed by atoms with van der Waals surface area (Å²) in [6.07, 6.45) is -3.40. The maximum absolute atomic E-state index is 13.6. The maximum atomic E-state index is 13.6. The van der Waals surface area contributed by atoms with E-state index in [1.807, 2.05) is 0 Å². The molecule has 158 valence electrons. The zero-order valence-electron chi connectivity index (χ0n) is 16.3. The van der Waals surface area contributed by atoms with Gasteiger partial charge in [0.25, 0.3) is 0 Å². The van der Waals surface area contributed by atoms with Crippen LogP contribution >= 0.6 is 11.6 Å². The second-order valence-electron chi connectivity index (χ2n) is 7.99. The second kappa shape index (κ2) is 8.79. The number of halogens is 5. The number of hydrogen-bond acceptors (Lipinski definition) is 2. The monoisotopic (exact) mass is 440 g/mol. The standard InChI is InChI=1S/C19H25ClF4N2OS/c1-12(19(22,23)24)26-9-7-13(8-10-26)17(25-28(27)18(2,3)4)14-5-6-16(21)15(20)11-14/h5-6,11-13H,7-10H2,1-4H3/t12?,28-/m0/s1. The van der Waals surface area contributed by atoms with Gasteiger partial charge in [0.15, 0.2) is 0 Å². The molecule has 2 atom stereocenters. The molecule has 1 aliphatic heterocycles. The highest BCUT2D eigenvalue weighted by molar-refractivity contribution is 7.85. The van der Waals surface area contributed by atoms with Crippen molar-refractivity contribution in [2.75, 3.05) is 13.1 Å². The zero-order chi connectivity index (χ0) is 21.3. The summed E-state index contributed by atoms with van der Waals surface area (Å²) in [5.41, 5.74) is 1.06. The van der Waals surface area contributed by atoms with Crippen LogP contribution in [-0.4, -0.2) is 44.9 Å². The number of nitrogens with zero attached hydrogens (tertiary/aromatic N) is 2. The van der Waals surface area contributed by atoms with Gasteiger partial charge >= 0.3 is 6.18 Å². The fourth-order valence-electron chi connectivity index (χ4n) is 3.01. The van der Waals surface area contributed by atoms with E-state index in [-0.39, 0.29) is 24.0 Å². The minimum absolute atomic E-state index is 0.0742. The Balaban J connectivity index is 2.30. The van der Waals surface area contributed by atoms with E-state index >= 15 is 0 Å². The molecular weight excluding hydrogens is 416 g/mol. The van der Waals surface area contributed by atoms with Crippen molar-refractivity contribution in [3.63, 3.8) is 0 Å². The molecule has 3 nitrogen and oxygen atoms in total. The quantitative estimate of drug-likeness (QED) is 0.464. The van der Waals surface area contributed by atoms with Gasteiger partial charge < -0.3 is 0 Å². The number of alkyl halides is 3. The Morgan fingerprint density at radius 2 is 1.82 bits per heavy atom. The largest absolute Gasteiger partial charge is 0.403 e. The average Bonchev–Trinajstić information content (AvgIpc) is 2.60. The summed E-state index contributed by atoms with van der Waals surface area (Å²) in [5.74, 6) is -0.750. The third-order valence-corrected chi connectivity index (χ3v) is 6.56. The van der Waals surface area contributed by atoms with Crippen LogP contribution in [0.25, 0.3) is 0 Å². The van der Waals surface area contributed by atoms with Crippen molar-refractivity contribution < 1.29 is 21.8 Å². The van der Waals surface area contributed by atoms with Gasteiger partial charge in [-0.1, -0.05) is 17.7 Å². The molecule has 1 heterocycles. The van der Waals surface area contributed by atoms with Crippen LogP contribution in [0.3, 0.4) is 0 Å². The lowest BCUT2D eigenvalue weighted by atomic mass is 9.87. The lowest BCUT2D eigenvalue weighted by Gasteiger charge is -2.37. The van der Waals surface area contributed by atoms with Gasteiger partial charge in [-0.05, 0) is 71.3 Å². The summed E-state index contributed by atoms with van der Waals surface area (Å²) >= 11 is 5.90. The van der Waals surface area contributed by atoms with Crippen LogP contribution in [0.4, 0.5) is 17.6 Å². The van der Waals surface area contributed by atoms with Gasteiger partial charge in [-0.15, -0.1) is 0 Å². The Hall–Kier alpha value is -0.990. The van der Waals surface area contributed by atoms with E-state index in [2.05, 4.69) is 4.40 Å². The Morgan fingerprint density at radius 1 is 1.25 bits per heavy atom. The molecule has 0 aliphatic carbocycles. The molecule has 1 saturated heterocycles. The van der Waals surface area contributed by atoms with Crippen LogP contribution in [0.2, 0.25) is 5.02 Å². The molecule has 2 rings (SSSR count). The van der Waals surface area contributed by atoms with Crippen LogP contribution in [0.1, 0.15) is 46.1 Å². The summed E-state index contributed by atoms with van der Waals surface area (Å²) in [7, 11) is -1.56. The molecule has 1 unspecified atom stereocenters. The molecule has 1 aromatic carbocycles. The number of benzene rings is 1. The molecule has 0 N–H and O–H groups in total. The van der Waals surface area contributed by atoms with Crippen molar-refractivity contribution in [2.45, 2.75) is 57.5 Å². The van der Waals surface area contributed by atoms with Gasteiger partial charge in [-0.25, -0.2) is 8.60 Å². The topological polar surface area (TPSA) is 32.7 Å². The average molecular weight is 441 g/mol. The molecule has 0 aromatic heterocycles. The fraction of sp³-hybridized carbons (Fsp3) is 0.632. The number of hydrogen-bond donors (Lipinski definition) is 0. The summed E-state index contributed by atoms with van der Waals surface area (Å²) in [5, 5.41) is -0.0742. The molecule has 0 amide bonds. The van der Waals surface area contributed by atoms with Gasteiger partial charge in [0, 0.05) is 5.92 Å². The van der Waals surface area contributed by atoms with E-state index in [1.165, 1.54) is 23.1 Å². The highest BCUT2D eigenvalue weighted by Gasteiger charge is 2.41. The first kappa shape index (κ1) is 23.3. The minimum Gasteiger partial charge on any atom is -0.292 e. The predicted molar refractivity (Wildman–Crippen MR) is 106 cm³/mol. The lowest BCUT2D eigenvalue weighted by molar-refractivity contribution is -0.181. The highest BCUT2D eigenvalue weighted by atomic mass is 35.5. The Labute approximate surface area is 170 Å². The van der Waals surface area contributed by atoms with Crippen molar-refractivity contribution in [1.82, 2.24) is 4.90 Å². The van der Waals surface area contributed by atoms with Crippen molar-refractivity contribution in [3.8, 4) is 0 Å². The molecule has 0 saturated carbocycles. The minimum atomic E-state index is -4.28. The van der Waals surface area contributed by atoms with Crippen LogP contribution in [0.15, 0.2) is 22.6 Å². The van der Waals surface area contributed by atoms with Gasteiger partial charge in [-0.3, -0.25) is 4.90 Å². The highest BCUT2D eigenvalue weighted by Crippen LogP contribution is 2.31. The molecular formula is C19H25ClF4N2OS. The maximum Gasteiger partial charge on any atom is 0.403 e. The molecule has 28 heavy (non-hydrogen) atoms. The van der Waals surface area contributed by atoms with Crippen molar-refractivity contribution in [3.05, 3.63) is 34.6 Å². The molecule has 0 bridgehead atoms. The number of likely N-dealkylation sites (tertiary alicyclic amines) is 1. The zero-order valence-corrected chi connectivity index (χ0v) is 17.9. The van der Waals surface area contributed by atoms with Crippen molar-refractivity contribution in [1.29, 1.82) is 0 Å². The Kier molecular flexibility index (Phi) is 7.32. The predicted octanol–water partition coefficient (Wildman–Crippen LogP) is 5.39. The van der Waals surface area contributed by atoms with E-state index in [9.17, 15) is 21.8 Å². The molecule has 1 aliphatic rings. The van der Waals surface area contributed by atoms with Crippen LogP contribution < -0.4 is 0 Å². The molecule has 1 aromatic rings. The normalized spacial score (nSPS) is 20.2. The van der Waals surface area contributed by atoms with Gasteiger partial charge in [0.05, 0.1) is 15.5 Å². The number of rotatable bonds is 4. The van der Waals surface area contributed by atoms with Gasteiger partial charge in [0.2, 0.25) is 0 Å². The SMILES string of the molecule is CC(N1CCC(C(=N[S@@](=O)C(C)(C)C)c2ccc(F)c(Cl)c2)CC1)C(F)(F)F. The lowest BCUT2D eigenvalue weighted by Crippen LogP contribution is -2.48. The van der Waals surface area contributed by atoms with E-state index in [0.29, 0.717) is 24.1 Å². The Bertz CT molecular complexity index is 753. The van der Waals surface area contributed by atoms with E-state index < -0.39 is 33.8 Å². The first-order chi connectivity index (χ1) is 12.8. The van der Waals surface area contributed by atoms with Crippen molar-refractivity contribution in [2.24, 2.45) is 10.3 Å². The van der Waals surface area contributed by atoms with Crippen molar-refractivity contribution >= 4 is 28.3 Å². The van der Waals surface area contributed by atoms with E-state index in [0.717, 1.165) is 6.92 Å². The summed E-state index contributed by atoms with van der Waals surface area (Å²) in [6.45, 7) is 7.02. The molecule has 9 heteroatoms. The van der Waals surface area contributed by atoms with Crippen LogP contribution in [0.5, 0.6) is 0 Å². The van der Waals surface area contributed by atoms with Gasteiger partial charge in [-0.2, -0.15) is 17.6 Å². The Morgan fingerprint density at radius 3 is 2.29 bits per heavy atom. The van der Waals surface area contributed by atoms with E-state index in [1.54, 1.807) is 20.8 Å². The molecule has 0 spiro atoms. The first-order valence-corrected chi connectivity index (χ1v) is 10.6. The molecule has 1 fully saturated rings. The van der Waals surface area contributed by atoms with Gasteiger partial charge in [0.1, 0.15) is 22.8 Å². The van der Waals surface area contributed by atoms with Crippen LogP contribution in [-0.2, 0) is 11.0 Å². The van der Waals surface area contributed by atoms with Crippen LogP contribution in [0, 0.1) is 11.7 Å². The van der Waals surface area contributed by atoms with E-state index in [4.69, 9.17) is 11.6 Å². The number of piperidine rings is 1. The first-order valence-electron chi connectivity index (χ1n) is 9.07. The fourth-order valence-corrected chi connectivity index (χ4v) is 3.90. The molecule has 0 radical (unpaired) electrons. The summed E-state index contributed by atoms with van der Waals surface area (Å²) in [4.78, 5) is 1.40. The summed E-state index contributed by atoms with van der Waals surface area (Å²) in [6, 6.07) is 2.65.